The summed E-state index contributed by atoms with van der Waals surface area (Å²) in [6.45, 7) is 0. The molecule has 74 valence electrons. The van der Waals surface area contributed by atoms with Crippen molar-refractivity contribution in [1.82, 2.24) is 0 Å². The van der Waals surface area contributed by atoms with Crippen LogP contribution in [-0.4, -0.2) is 6.29 Å². The Kier molecular flexibility index (Phi) is 1.97. The summed E-state index contributed by atoms with van der Waals surface area (Å²) in [6, 6.07) is 6.52. The van der Waals surface area contributed by atoms with Gasteiger partial charge in [0.15, 0.2) is 6.29 Å². The number of anilines is 1. The lowest BCUT2D eigenvalue weighted by Gasteiger charge is -2.08. The zero-order valence-electron chi connectivity index (χ0n) is 7.69. The first-order valence-corrected chi connectivity index (χ1v) is 4.30. The number of rotatable bonds is 2. The molecule has 15 heavy (non-hydrogen) atoms. The van der Waals surface area contributed by atoms with Crippen molar-refractivity contribution in [3.8, 4) is 11.1 Å². The SMILES string of the molecule is Nc1c(-c2ccccc2C=O)c(=O)c1=O. The molecule has 0 bridgehead atoms. The first kappa shape index (κ1) is 9.33. The Labute approximate surface area is 84.7 Å². The van der Waals surface area contributed by atoms with Crippen LogP contribution in [0.4, 0.5) is 5.69 Å². The number of hydrogen-bond acceptors (Lipinski definition) is 4. The Morgan fingerprint density at radius 1 is 1.07 bits per heavy atom. The van der Waals surface area contributed by atoms with Crippen LogP contribution in [0.2, 0.25) is 0 Å². The predicted octanol–water partition coefficient (Wildman–Crippen LogP) is 0.344. The van der Waals surface area contributed by atoms with Crippen LogP contribution in [0, 0.1) is 0 Å². The van der Waals surface area contributed by atoms with Gasteiger partial charge >= 0.3 is 0 Å². The molecule has 0 aliphatic rings. The minimum atomic E-state index is -0.675. The average Bonchev–Trinajstić information content (AvgIpc) is 2.29. The van der Waals surface area contributed by atoms with Gasteiger partial charge in [-0.25, -0.2) is 0 Å². The summed E-state index contributed by atoms with van der Waals surface area (Å²) >= 11 is 0. The van der Waals surface area contributed by atoms with Crippen LogP contribution in [0.25, 0.3) is 11.1 Å². The first-order valence-electron chi connectivity index (χ1n) is 4.30. The van der Waals surface area contributed by atoms with E-state index < -0.39 is 10.9 Å². The molecule has 0 spiro atoms. The second-order valence-electron chi connectivity index (χ2n) is 3.15. The molecule has 0 heterocycles. The van der Waals surface area contributed by atoms with E-state index in [-0.39, 0.29) is 11.3 Å². The largest absolute Gasteiger partial charge is 0.395 e. The smallest absolute Gasteiger partial charge is 0.249 e. The van der Waals surface area contributed by atoms with Gasteiger partial charge in [-0.15, -0.1) is 0 Å². The van der Waals surface area contributed by atoms with Crippen molar-refractivity contribution >= 4 is 12.0 Å². The normalized spacial score (nSPS) is 10.4. The van der Waals surface area contributed by atoms with Gasteiger partial charge in [-0.2, -0.15) is 0 Å². The van der Waals surface area contributed by atoms with Crippen molar-refractivity contribution in [2.24, 2.45) is 0 Å². The maximum atomic E-state index is 11.2. The van der Waals surface area contributed by atoms with Crippen LogP contribution in [0.15, 0.2) is 33.9 Å². The molecule has 0 saturated carbocycles. The van der Waals surface area contributed by atoms with E-state index in [9.17, 15) is 14.4 Å². The Balaban J connectivity index is 2.71. The van der Waals surface area contributed by atoms with Crippen LogP contribution in [0.3, 0.4) is 0 Å². The fourth-order valence-corrected chi connectivity index (χ4v) is 1.50. The number of aldehydes is 1. The van der Waals surface area contributed by atoms with Crippen molar-refractivity contribution in [2.75, 3.05) is 5.73 Å². The van der Waals surface area contributed by atoms with Gasteiger partial charge in [-0.1, -0.05) is 24.3 Å². The zero-order valence-corrected chi connectivity index (χ0v) is 7.69. The highest BCUT2D eigenvalue weighted by Gasteiger charge is 2.21. The van der Waals surface area contributed by atoms with Crippen molar-refractivity contribution in [1.29, 1.82) is 0 Å². The third-order valence-corrected chi connectivity index (χ3v) is 2.30. The second kappa shape index (κ2) is 3.16. The highest BCUT2D eigenvalue weighted by molar-refractivity contribution is 5.92. The zero-order chi connectivity index (χ0) is 11.0. The molecule has 0 aromatic heterocycles. The minimum absolute atomic E-state index is 0.0608. The average molecular weight is 201 g/mol. The molecule has 2 aromatic rings. The molecule has 2 N–H and O–H groups in total. The molecule has 4 heteroatoms. The number of hydrogen-bond donors (Lipinski definition) is 1. The van der Waals surface area contributed by atoms with Crippen LogP contribution >= 0.6 is 0 Å². The molecule has 0 saturated heterocycles. The number of nitrogen functional groups attached to an aromatic ring is 1. The highest BCUT2D eigenvalue weighted by atomic mass is 16.2. The van der Waals surface area contributed by atoms with Gasteiger partial charge in [0.25, 0.3) is 0 Å². The van der Waals surface area contributed by atoms with E-state index >= 15 is 0 Å². The lowest BCUT2D eigenvalue weighted by molar-refractivity contribution is 0.112. The maximum absolute atomic E-state index is 11.2. The molecule has 0 atom stereocenters. The van der Waals surface area contributed by atoms with Crippen LogP contribution in [0.5, 0.6) is 0 Å². The van der Waals surface area contributed by atoms with Gasteiger partial charge in [0.2, 0.25) is 10.9 Å². The molecular formula is C11H7NO3. The van der Waals surface area contributed by atoms with Crippen LogP contribution in [0.1, 0.15) is 10.4 Å². The summed E-state index contributed by atoms with van der Waals surface area (Å²) in [5.41, 5.74) is 4.98. The van der Waals surface area contributed by atoms with Gasteiger partial charge in [-0.3, -0.25) is 14.4 Å². The van der Waals surface area contributed by atoms with Crippen molar-refractivity contribution < 1.29 is 4.79 Å². The number of nitrogens with two attached hydrogens (primary N) is 1. The molecule has 0 unspecified atom stereocenters. The van der Waals surface area contributed by atoms with E-state index in [1.54, 1.807) is 24.3 Å². The highest BCUT2D eigenvalue weighted by Crippen LogP contribution is 2.23. The lowest BCUT2D eigenvalue weighted by Crippen LogP contribution is -2.36. The standard InChI is InChI=1S/C11H7NO3/c12-9-8(10(14)11(9)15)7-4-2-1-3-6(7)5-13/h1-5H,12H2. The molecular weight excluding hydrogens is 194 g/mol. The Morgan fingerprint density at radius 2 is 1.73 bits per heavy atom. The molecule has 0 radical (unpaired) electrons. The molecule has 0 fully saturated rings. The van der Waals surface area contributed by atoms with Crippen LogP contribution in [-0.2, 0) is 0 Å². The van der Waals surface area contributed by atoms with Gasteiger partial charge in [-0.05, 0) is 5.56 Å². The van der Waals surface area contributed by atoms with E-state index in [2.05, 4.69) is 0 Å². The number of carbonyl (C=O) groups excluding carboxylic acids is 1. The van der Waals surface area contributed by atoms with E-state index in [0.717, 1.165) is 0 Å². The van der Waals surface area contributed by atoms with Gasteiger partial charge in [0.05, 0.1) is 11.3 Å². The molecule has 0 aliphatic heterocycles. The third kappa shape index (κ3) is 1.19. The second-order valence-corrected chi connectivity index (χ2v) is 3.15. The minimum Gasteiger partial charge on any atom is -0.395 e. The van der Waals surface area contributed by atoms with Crippen molar-refractivity contribution in [3.05, 3.63) is 50.3 Å². The van der Waals surface area contributed by atoms with Gasteiger partial charge in [0, 0.05) is 5.56 Å². The summed E-state index contributed by atoms with van der Waals surface area (Å²) in [5, 5.41) is 0. The van der Waals surface area contributed by atoms with Gasteiger partial charge < -0.3 is 5.73 Å². The Hall–Kier alpha value is -2.23. The summed E-state index contributed by atoms with van der Waals surface area (Å²) in [6.07, 6.45) is 0.631. The number of carbonyl (C=O) groups is 1. The van der Waals surface area contributed by atoms with E-state index in [1.165, 1.54) is 0 Å². The van der Waals surface area contributed by atoms with E-state index in [0.29, 0.717) is 17.4 Å². The molecule has 2 rings (SSSR count). The third-order valence-electron chi connectivity index (χ3n) is 2.30. The van der Waals surface area contributed by atoms with Crippen molar-refractivity contribution in [2.45, 2.75) is 0 Å². The fourth-order valence-electron chi connectivity index (χ4n) is 1.50. The Bertz CT molecular complexity index is 606. The van der Waals surface area contributed by atoms with Crippen LogP contribution < -0.4 is 16.6 Å². The van der Waals surface area contributed by atoms with Gasteiger partial charge in [0.1, 0.15) is 0 Å². The predicted molar refractivity (Wildman–Crippen MR) is 56.6 cm³/mol. The maximum Gasteiger partial charge on any atom is 0.249 e. The van der Waals surface area contributed by atoms with E-state index in [1.807, 2.05) is 0 Å². The summed E-state index contributed by atoms with van der Waals surface area (Å²) in [4.78, 5) is 32.9. The van der Waals surface area contributed by atoms with E-state index in [4.69, 9.17) is 5.73 Å². The molecule has 0 amide bonds. The molecule has 0 aliphatic carbocycles. The fraction of sp³-hybridized carbons (Fsp3) is 0. The quantitative estimate of drug-likeness (QED) is 0.561. The Morgan fingerprint density at radius 3 is 2.33 bits per heavy atom. The molecule has 4 nitrogen and oxygen atoms in total. The topological polar surface area (TPSA) is 77.2 Å². The number of benzene rings is 1. The summed E-state index contributed by atoms with van der Waals surface area (Å²) in [7, 11) is 0. The summed E-state index contributed by atoms with van der Waals surface area (Å²) in [5.74, 6) is 0. The van der Waals surface area contributed by atoms with Crippen molar-refractivity contribution in [3.63, 3.8) is 0 Å². The summed E-state index contributed by atoms with van der Waals surface area (Å²) < 4.78 is 0. The lowest BCUT2D eigenvalue weighted by atomic mass is 9.95. The first-order chi connectivity index (χ1) is 7.16. The molecule has 2 aromatic carbocycles. The monoisotopic (exact) mass is 201 g/mol.